The number of nitrogens with zero attached hydrogens (tertiary/aromatic N) is 3. The van der Waals surface area contributed by atoms with E-state index in [1.165, 1.54) is 12.3 Å². The van der Waals surface area contributed by atoms with Crippen molar-refractivity contribution < 1.29 is 4.39 Å². The molecule has 33 heavy (non-hydrogen) atoms. The molecule has 1 atom stereocenters. The van der Waals surface area contributed by atoms with Gasteiger partial charge in [0.1, 0.15) is 0 Å². The molecule has 0 bridgehead atoms. The van der Waals surface area contributed by atoms with Gasteiger partial charge < -0.3 is 16.4 Å². The lowest BCUT2D eigenvalue weighted by Crippen LogP contribution is -2.66. The van der Waals surface area contributed by atoms with Gasteiger partial charge in [0.25, 0.3) is 0 Å². The smallest absolute Gasteiger partial charge is 0.166 e. The van der Waals surface area contributed by atoms with Crippen LogP contribution in [0.3, 0.4) is 0 Å². The maximum Gasteiger partial charge on any atom is 0.166 e. The van der Waals surface area contributed by atoms with E-state index < -0.39 is 5.82 Å². The van der Waals surface area contributed by atoms with Crippen molar-refractivity contribution in [2.24, 2.45) is 5.73 Å². The van der Waals surface area contributed by atoms with Crippen molar-refractivity contribution in [3.05, 3.63) is 81.0 Å². The van der Waals surface area contributed by atoms with Crippen LogP contribution in [0.2, 0.25) is 10.0 Å². The molecule has 1 saturated heterocycles. The van der Waals surface area contributed by atoms with Gasteiger partial charge in [0.05, 0.1) is 15.8 Å². The van der Waals surface area contributed by atoms with Crippen LogP contribution < -0.4 is 16.4 Å². The van der Waals surface area contributed by atoms with Gasteiger partial charge >= 0.3 is 0 Å². The van der Waals surface area contributed by atoms with Crippen molar-refractivity contribution in [1.82, 2.24) is 9.97 Å². The fourth-order valence-corrected chi connectivity index (χ4v) is 4.96. The van der Waals surface area contributed by atoms with Gasteiger partial charge in [-0.15, -0.1) is 0 Å². The Labute approximate surface area is 202 Å². The molecule has 4 rings (SSSR count). The summed E-state index contributed by atoms with van der Waals surface area (Å²) in [5, 5.41) is 9.67. The SMILES string of the molecule is C[C@@H](Cc1ccc(N)c(C(=N)c2cnc(N3CC(C)(N)C3)c(F)c2)c1)c1c(Cl)cncc1Cl. The normalized spacial score (nSPS) is 15.8. The first-order chi connectivity index (χ1) is 15.6. The lowest BCUT2D eigenvalue weighted by molar-refractivity contribution is 0.358. The van der Waals surface area contributed by atoms with E-state index in [0.29, 0.717) is 46.4 Å². The van der Waals surface area contributed by atoms with Crippen molar-refractivity contribution in [3.8, 4) is 0 Å². The first kappa shape index (κ1) is 23.4. The number of nitrogen functional groups attached to an aromatic ring is 1. The summed E-state index contributed by atoms with van der Waals surface area (Å²) < 4.78 is 14.8. The van der Waals surface area contributed by atoms with Crippen molar-refractivity contribution in [2.45, 2.75) is 31.7 Å². The first-order valence-electron chi connectivity index (χ1n) is 10.5. The summed E-state index contributed by atoms with van der Waals surface area (Å²) in [6.07, 6.45) is 5.27. The number of halogens is 3. The number of benzene rings is 1. The zero-order chi connectivity index (χ0) is 23.9. The predicted molar refractivity (Wildman–Crippen MR) is 132 cm³/mol. The Kier molecular flexibility index (Phi) is 6.31. The summed E-state index contributed by atoms with van der Waals surface area (Å²) >= 11 is 12.6. The summed E-state index contributed by atoms with van der Waals surface area (Å²) in [6.45, 7) is 5.01. The molecule has 0 unspecified atom stereocenters. The molecule has 3 heterocycles. The van der Waals surface area contributed by atoms with E-state index in [4.69, 9.17) is 40.1 Å². The van der Waals surface area contributed by atoms with Crippen LogP contribution in [0.25, 0.3) is 0 Å². The second kappa shape index (κ2) is 8.89. The van der Waals surface area contributed by atoms with E-state index in [9.17, 15) is 4.39 Å². The van der Waals surface area contributed by atoms with Gasteiger partial charge in [-0.05, 0) is 48.6 Å². The van der Waals surface area contributed by atoms with E-state index >= 15 is 0 Å². The van der Waals surface area contributed by atoms with E-state index in [-0.39, 0.29) is 23.0 Å². The first-order valence-corrected chi connectivity index (χ1v) is 11.3. The Hall–Kier alpha value is -2.74. The third kappa shape index (κ3) is 4.81. The molecule has 5 N–H and O–H groups in total. The molecule has 2 aromatic heterocycles. The number of pyridine rings is 2. The fraction of sp³-hybridized carbons (Fsp3) is 0.292. The summed E-state index contributed by atoms with van der Waals surface area (Å²) in [4.78, 5) is 10.0. The van der Waals surface area contributed by atoms with Crippen LogP contribution in [0.1, 0.15) is 42.0 Å². The Balaban J connectivity index is 1.56. The Morgan fingerprint density at radius 2 is 1.88 bits per heavy atom. The minimum absolute atomic E-state index is 0.0156. The molecule has 9 heteroatoms. The quantitative estimate of drug-likeness (QED) is 0.342. The third-order valence-electron chi connectivity index (χ3n) is 5.83. The molecule has 0 saturated carbocycles. The monoisotopic (exact) mass is 486 g/mol. The molecule has 1 fully saturated rings. The highest BCUT2D eigenvalue weighted by Gasteiger charge is 2.37. The van der Waals surface area contributed by atoms with Gasteiger partial charge in [0.15, 0.2) is 11.6 Å². The van der Waals surface area contributed by atoms with Crippen molar-refractivity contribution >= 4 is 40.4 Å². The molecule has 3 aromatic rings. The minimum atomic E-state index is -0.488. The average molecular weight is 487 g/mol. The number of hydrogen-bond acceptors (Lipinski definition) is 6. The molecule has 6 nitrogen and oxygen atoms in total. The highest BCUT2D eigenvalue weighted by molar-refractivity contribution is 6.35. The van der Waals surface area contributed by atoms with Crippen LogP contribution in [0.15, 0.2) is 42.9 Å². The maximum atomic E-state index is 14.8. The molecule has 1 aliphatic rings. The van der Waals surface area contributed by atoms with Gasteiger partial charge in [-0.3, -0.25) is 10.4 Å². The van der Waals surface area contributed by atoms with Crippen molar-refractivity contribution in [1.29, 1.82) is 5.41 Å². The number of aromatic nitrogens is 2. The Morgan fingerprint density at radius 1 is 1.21 bits per heavy atom. The predicted octanol–water partition coefficient (Wildman–Crippen LogP) is 4.80. The second-order valence-electron chi connectivity index (χ2n) is 8.96. The summed E-state index contributed by atoms with van der Waals surface area (Å²) in [6, 6.07) is 6.82. The summed E-state index contributed by atoms with van der Waals surface area (Å²) in [5.41, 5.74) is 15.0. The van der Waals surface area contributed by atoms with E-state index in [1.807, 2.05) is 26.0 Å². The van der Waals surface area contributed by atoms with Crippen LogP contribution >= 0.6 is 23.2 Å². The molecular weight excluding hydrogens is 462 g/mol. The van der Waals surface area contributed by atoms with Crippen molar-refractivity contribution in [2.75, 3.05) is 23.7 Å². The molecule has 0 spiro atoms. The van der Waals surface area contributed by atoms with Crippen LogP contribution in [0, 0.1) is 11.2 Å². The molecule has 1 aromatic carbocycles. The zero-order valence-corrected chi connectivity index (χ0v) is 19.9. The number of nitrogens with one attached hydrogen (secondary N) is 1. The van der Waals surface area contributed by atoms with Gasteiger partial charge in [-0.1, -0.05) is 36.2 Å². The molecule has 0 radical (unpaired) electrons. The van der Waals surface area contributed by atoms with E-state index in [0.717, 1.165) is 11.1 Å². The molecule has 0 aliphatic carbocycles. The molecule has 0 amide bonds. The lowest BCUT2D eigenvalue weighted by atomic mass is 9.91. The van der Waals surface area contributed by atoms with Crippen LogP contribution in [-0.2, 0) is 6.42 Å². The third-order valence-corrected chi connectivity index (χ3v) is 6.43. The number of nitrogens with two attached hydrogens (primary N) is 2. The molecule has 172 valence electrons. The van der Waals surface area contributed by atoms with Gasteiger partial charge in [-0.25, -0.2) is 9.37 Å². The standard InChI is InChI=1S/C24H25Cl2FN6/c1-13(21-17(25)9-31-10-18(21)26)5-14-3-4-20(28)16(6-14)22(29)15-7-19(27)23(32-8-15)33-11-24(2,30)12-33/h3-4,6-10,13,29H,5,11-12,28,30H2,1-2H3/t13-/m0/s1. The van der Waals surface area contributed by atoms with Crippen LogP contribution in [0.5, 0.6) is 0 Å². The van der Waals surface area contributed by atoms with Crippen molar-refractivity contribution in [3.63, 3.8) is 0 Å². The topological polar surface area (TPSA) is 105 Å². The van der Waals surface area contributed by atoms with E-state index in [1.54, 1.807) is 23.4 Å². The number of anilines is 2. The van der Waals surface area contributed by atoms with Gasteiger partial charge in [0.2, 0.25) is 0 Å². The summed E-state index contributed by atoms with van der Waals surface area (Å²) in [5.74, 6) is -0.226. The highest BCUT2D eigenvalue weighted by atomic mass is 35.5. The second-order valence-corrected chi connectivity index (χ2v) is 9.77. The summed E-state index contributed by atoms with van der Waals surface area (Å²) in [7, 11) is 0. The molecular formula is C24H25Cl2FN6. The maximum absolute atomic E-state index is 14.8. The Morgan fingerprint density at radius 3 is 2.48 bits per heavy atom. The van der Waals surface area contributed by atoms with Gasteiger partial charge in [-0.2, -0.15) is 0 Å². The average Bonchev–Trinajstić information content (AvgIpc) is 2.72. The minimum Gasteiger partial charge on any atom is -0.398 e. The van der Waals surface area contributed by atoms with Gasteiger partial charge in [0, 0.05) is 54.0 Å². The lowest BCUT2D eigenvalue weighted by Gasteiger charge is -2.46. The number of rotatable bonds is 6. The highest BCUT2D eigenvalue weighted by Crippen LogP contribution is 2.33. The largest absolute Gasteiger partial charge is 0.398 e. The Bertz CT molecular complexity index is 1200. The van der Waals surface area contributed by atoms with E-state index in [2.05, 4.69) is 9.97 Å². The van der Waals surface area contributed by atoms with Crippen LogP contribution in [0.4, 0.5) is 15.9 Å². The fourth-order valence-electron chi connectivity index (χ4n) is 4.23. The zero-order valence-electron chi connectivity index (χ0n) is 18.4. The van der Waals surface area contributed by atoms with Crippen LogP contribution in [-0.4, -0.2) is 34.3 Å². The molecule has 1 aliphatic heterocycles. The number of hydrogen-bond donors (Lipinski definition) is 3.